The first-order valence-corrected chi connectivity index (χ1v) is 22.7. The molecule has 2 unspecified atom stereocenters. The Morgan fingerprint density at radius 1 is 0.262 bits per heavy atom. The van der Waals surface area contributed by atoms with Gasteiger partial charge in [-0.05, 0) is 127 Å². The van der Waals surface area contributed by atoms with E-state index in [0.717, 1.165) is 23.5 Å². The summed E-state index contributed by atoms with van der Waals surface area (Å²) in [6.45, 7) is 2.39. The highest BCUT2D eigenvalue weighted by Crippen LogP contribution is 2.40. The third-order valence-electron chi connectivity index (χ3n) is 12.9. The molecule has 0 aliphatic carbocycles. The van der Waals surface area contributed by atoms with Gasteiger partial charge in [-0.15, -0.1) is 0 Å². The predicted octanol–water partition coefficient (Wildman–Crippen LogP) is 17.6. The van der Waals surface area contributed by atoms with Crippen LogP contribution in [-0.2, 0) is 6.42 Å². The number of rotatable bonds is 13. The zero-order valence-electron chi connectivity index (χ0n) is 36.7. The molecular weight excluding hydrogens is 783 g/mol. The van der Waals surface area contributed by atoms with Crippen LogP contribution >= 0.6 is 0 Å². The van der Waals surface area contributed by atoms with E-state index < -0.39 is 0 Å². The summed E-state index contributed by atoms with van der Waals surface area (Å²) in [5.74, 6) is 0.591. The van der Waals surface area contributed by atoms with Crippen molar-refractivity contribution in [2.75, 3.05) is 4.90 Å². The van der Waals surface area contributed by atoms with Crippen molar-refractivity contribution in [3.63, 3.8) is 0 Å². The zero-order chi connectivity index (χ0) is 43.8. The van der Waals surface area contributed by atoms with Crippen molar-refractivity contribution in [2.24, 2.45) is 0 Å². The standard InChI is InChI=1S/C64H51N/c1-47(64(60-36-34-55(35-37-60)52-18-10-4-11-19-52)46-48-22-24-53(25-23-48)50-14-6-2-7-15-50)49-26-28-56(29-27-49)58-38-42-62(43-39-58)65(61-20-12-5-13-21-61)63-44-40-59(41-45-63)57-32-30-54(31-33-57)51-16-8-3-9-17-51/h2-45,47,64H,46H2,1H3. The van der Waals surface area contributed by atoms with Crippen molar-refractivity contribution in [3.8, 4) is 55.6 Å². The Labute approximate surface area is 384 Å². The molecule has 0 aromatic heterocycles. The molecule has 0 spiro atoms. The normalized spacial score (nSPS) is 12.0. The van der Waals surface area contributed by atoms with Crippen molar-refractivity contribution in [2.45, 2.75) is 25.2 Å². The van der Waals surface area contributed by atoms with Crippen LogP contribution in [0.5, 0.6) is 0 Å². The maximum absolute atomic E-state index is 2.39. The van der Waals surface area contributed by atoms with Gasteiger partial charge in [0, 0.05) is 17.1 Å². The van der Waals surface area contributed by atoms with Crippen LogP contribution in [0.1, 0.15) is 35.4 Å². The molecule has 0 aliphatic heterocycles. The molecule has 0 saturated heterocycles. The molecule has 1 heteroatoms. The van der Waals surface area contributed by atoms with E-state index in [1.807, 2.05) is 0 Å². The monoisotopic (exact) mass is 833 g/mol. The van der Waals surface area contributed by atoms with E-state index in [9.17, 15) is 0 Å². The van der Waals surface area contributed by atoms with Crippen molar-refractivity contribution >= 4 is 17.1 Å². The van der Waals surface area contributed by atoms with Gasteiger partial charge < -0.3 is 4.90 Å². The quantitative estimate of drug-likeness (QED) is 0.112. The number of benzene rings is 10. The fourth-order valence-corrected chi connectivity index (χ4v) is 9.18. The molecule has 0 fully saturated rings. The van der Waals surface area contributed by atoms with Gasteiger partial charge in [0.1, 0.15) is 0 Å². The molecule has 65 heavy (non-hydrogen) atoms. The van der Waals surface area contributed by atoms with Crippen molar-refractivity contribution < 1.29 is 0 Å². The van der Waals surface area contributed by atoms with Gasteiger partial charge in [0.2, 0.25) is 0 Å². The minimum atomic E-state index is 0.294. The Morgan fingerprint density at radius 2 is 0.523 bits per heavy atom. The van der Waals surface area contributed by atoms with Crippen LogP contribution in [0.2, 0.25) is 0 Å². The molecule has 0 radical (unpaired) electrons. The van der Waals surface area contributed by atoms with Gasteiger partial charge in [0.15, 0.2) is 0 Å². The van der Waals surface area contributed by atoms with Gasteiger partial charge in [-0.25, -0.2) is 0 Å². The smallest absolute Gasteiger partial charge is 0.0462 e. The second kappa shape index (κ2) is 19.2. The molecule has 0 amide bonds. The molecule has 312 valence electrons. The molecule has 1 nitrogen and oxygen atoms in total. The maximum Gasteiger partial charge on any atom is 0.0462 e. The summed E-state index contributed by atoms with van der Waals surface area (Å²) >= 11 is 0. The highest BCUT2D eigenvalue weighted by molar-refractivity contribution is 5.80. The second-order valence-electron chi connectivity index (χ2n) is 17.0. The molecule has 2 atom stereocenters. The van der Waals surface area contributed by atoms with Crippen LogP contribution in [0, 0.1) is 0 Å². The predicted molar refractivity (Wildman–Crippen MR) is 276 cm³/mol. The fourth-order valence-electron chi connectivity index (χ4n) is 9.18. The molecule has 10 rings (SSSR count). The second-order valence-corrected chi connectivity index (χ2v) is 17.0. The molecule has 0 saturated carbocycles. The van der Waals surface area contributed by atoms with Crippen LogP contribution in [0.15, 0.2) is 267 Å². The van der Waals surface area contributed by atoms with Crippen molar-refractivity contribution in [1.29, 1.82) is 0 Å². The summed E-state index contributed by atoms with van der Waals surface area (Å²) in [6.07, 6.45) is 0.951. The first-order chi connectivity index (χ1) is 32.1. The van der Waals surface area contributed by atoms with Crippen LogP contribution in [0.25, 0.3) is 55.6 Å². The summed E-state index contributed by atoms with van der Waals surface area (Å²) in [7, 11) is 0. The lowest BCUT2D eigenvalue weighted by molar-refractivity contribution is 0.572. The fraction of sp³-hybridized carbons (Fsp3) is 0.0625. The van der Waals surface area contributed by atoms with Gasteiger partial charge in [-0.2, -0.15) is 0 Å². The van der Waals surface area contributed by atoms with Crippen molar-refractivity contribution in [1.82, 2.24) is 0 Å². The van der Waals surface area contributed by atoms with E-state index in [1.165, 1.54) is 72.3 Å². The highest BCUT2D eigenvalue weighted by Gasteiger charge is 2.22. The van der Waals surface area contributed by atoms with Gasteiger partial charge >= 0.3 is 0 Å². The number of para-hydroxylation sites is 1. The van der Waals surface area contributed by atoms with Gasteiger partial charge in [0.25, 0.3) is 0 Å². The first kappa shape index (κ1) is 41.0. The minimum absolute atomic E-state index is 0.294. The largest absolute Gasteiger partial charge is 0.311 e. The van der Waals surface area contributed by atoms with Crippen LogP contribution < -0.4 is 4.90 Å². The SMILES string of the molecule is CC(c1ccc(-c2ccc(N(c3ccccc3)c3ccc(-c4ccc(-c5ccccc5)cc4)cc3)cc2)cc1)C(Cc1ccc(-c2ccccc2)cc1)c1ccc(-c2ccccc2)cc1. The number of hydrogen-bond donors (Lipinski definition) is 0. The highest BCUT2D eigenvalue weighted by atomic mass is 15.1. The Kier molecular flexibility index (Phi) is 12.1. The summed E-state index contributed by atoms with van der Waals surface area (Å²) < 4.78 is 0. The Balaban J connectivity index is 0.886. The third-order valence-corrected chi connectivity index (χ3v) is 12.9. The summed E-state index contributed by atoms with van der Waals surface area (Å²) in [5, 5.41) is 0. The number of hydrogen-bond acceptors (Lipinski definition) is 1. The van der Waals surface area contributed by atoms with Crippen LogP contribution in [0.4, 0.5) is 17.1 Å². The summed E-state index contributed by atoms with van der Waals surface area (Å²) in [4.78, 5) is 2.33. The molecular formula is C64H51N. The van der Waals surface area contributed by atoms with E-state index in [-0.39, 0.29) is 0 Å². The summed E-state index contributed by atoms with van der Waals surface area (Å²) in [5.41, 5.74) is 19.6. The molecule has 0 bridgehead atoms. The topological polar surface area (TPSA) is 3.24 Å². The lowest BCUT2D eigenvalue weighted by Crippen LogP contribution is -2.12. The van der Waals surface area contributed by atoms with E-state index in [4.69, 9.17) is 0 Å². The molecule has 0 aliphatic rings. The molecule has 0 heterocycles. The van der Waals surface area contributed by atoms with Gasteiger partial charge in [-0.3, -0.25) is 0 Å². The average Bonchev–Trinajstić information content (AvgIpc) is 3.40. The van der Waals surface area contributed by atoms with E-state index in [0.29, 0.717) is 11.8 Å². The Hall–Kier alpha value is -8.00. The van der Waals surface area contributed by atoms with E-state index in [1.54, 1.807) is 0 Å². The van der Waals surface area contributed by atoms with Crippen LogP contribution in [0.3, 0.4) is 0 Å². The van der Waals surface area contributed by atoms with Gasteiger partial charge in [-0.1, -0.05) is 237 Å². The first-order valence-electron chi connectivity index (χ1n) is 22.7. The lowest BCUT2D eigenvalue weighted by atomic mass is 9.78. The van der Waals surface area contributed by atoms with Crippen molar-refractivity contribution in [3.05, 3.63) is 284 Å². The van der Waals surface area contributed by atoms with E-state index >= 15 is 0 Å². The maximum atomic E-state index is 2.39. The van der Waals surface area contributed by atoms with Crippen LogP contribution in [-0.4, -0.2) is 0 Å². The number of nitrogens with zero attached hydrogens (tertiary/aromatic N) is 1. The third kappa shape index (κ3) is 9.37. The summed E-state index contributed by atoms with van der Waals surface area (Å²) in [6, 6.07) is 96.9. The van der Waals surface area contributed by atoms with E-state index in [2.05, 4.69) is 279 Å². The lowest BCUT2D eigenvalue weighted by Gasteiger charge is -2.26. The Morgan fingerprint density at radius 3 is 0.892 bits per heavy atom. The minimum Gasteiger partial charge on any atom is -0.311 e. The molecule has 10 aromatic carbocycles. The average molecular weight is 834 g/mol. The Bertz CT molecular complexity index is 3030. The molecule has 10 aromatic rings. The number of anilines is 3. The molecule has 0 N–H and O–H groups in total. The zero-order valence-corrected chi connectivity index (χ0v) is 36.7. The van der Waals surface area contributed by atoms with Gasteiger partial charge in [0.05, 0.1) is 0 Å².